The van der Waals surface area contributed by atoms with Crippen molar-refractivity contribution in [3.63, 3.8) is 0 Å². The zero-order valence-electron chi connectivity index (χ0n) is 13.4. The number of hydrogen-bond donors (Lipinski definition) is 1. The van der Waals surface area contributed by atoms with Crippen LogP contribution in [-0.2, 0) is 0 Å². The van der Waals surface area contributed by atoms with E-state index in [4.69, 9.17) is 0 Å². The minimum atomic E-state index is -0.200. The predicted octanol–water partition coefficient (Wildman–Crippen LogP) is 3.09. The number of para-hydroxylation sites is 2. The molecule has 0 spiro atoms. The molecule has 0 amide bonds. The Kier molecular flexibility index (Phi) is 2.76. The van der Waals surface area contributed by atoms with Gasteiger partial charge in [0.1, 0.15) is 11.2 Å². The van der Waals surface area contributed by atoms with Crippen molar-refractivity contribution < 1.29 is 0 Å². The van der Waals surface area contributed by atoms with Gasteiger partial charge in [0.15, 0.2) is 5.65 Å². The van der Waals surface area contributed by atoms with Crippen LogP contribution >= 0.6 is 0 Å². The van der Waals surface area contributed by atoms with Gasteiger partial charge in [0.05, 0.1) is 16.7 Å². The van der Waals surface area contributed by atoms with Crippen molar-refractivity contribution in [3.05, 3.63) is 70.8 Å². The zero-order valence-corrected chi connectivity index (χ0v) is 13.4. The van der Waals surface area contributed by atoms with Crippen molar-refractivity contribution in [1.29, 1.82) is 0 Å². The summed E-state index contributed by atoms with van der Waals surface area (Å²) in [7, 11) is 0. The molecule has 0 bridgehead atoms. The lowest BCUT2D eigenvalue weighted by atomic mass is 10.1. The average molecular weight is 327 g/mol. The van der Waals surface area contributed by atoms with Gasteiger partial charge in [-0.05, 0) is 24.6 Å². The lowest BCUT2D eigenvalue weighted by Gasteiger charge is -2.10. The van der Waals surface area contributed by atoms with Crippen molar-refractivity contribution in [3.8, 4) is 11.3 Å². The van der Waals surface area contributed by atoms with E-state index in [0.717, 1.165) is 22.3 Å². The highest BCUT2D eigenvalue weighted by atomic mass is 16.1. The molecule has 5 rings (SSSR count). The molecule has 0 unspecified atom stereocenters. The highest BCUT2D eigenvalue weighted by molar-refractivity contribution is 5.95. The lowest BCUT2D eigenvalue weighted by Crippen LogP contribution is -2.14. The Bertz CT molecular complexity index is 1320. The summed E-state index contributed by atoms with van der Waals surface area (Å²) in [6, 6.07) is 17.6. The largest absolute Gasteiger partial charge is 0.310 e. The van der Waals surface area contributed by atoms with Crippen molar-refractivity contribution in [2.75, 3.05) is 0 Å². The Balaban J connectivity index is 2.12. The van der Waals surface area contributed by atoms with Crippen LogP contribution in [0.4, 0.5) is 0 Å². The quantitative estimate of drug-likeness (QED) is 0.513. The standard InChI is InChI=1S/C19H13N5O/c1-11-20-17-15(18(25)21-11)16(12-7-3-2-4-8-12)24-14-10-6-5-9-13(14)22-19(24)23-17/h2-10H,1H3,(H,20,21,22,23,25). The Morgan fingerprint density at radius 1 is 0.920 bits per heavy atom. The van der Waals surface area contributed by atoms with E-state index < -0.39 is 0 Å². The van der Waals surface area contributed by atoms with Crippen LogP contribution in [0.1, 0.15) is 5.82 Å². The van der Waals surface area contributed by atoms with Gasteiger partial charge in [0.25, 0.3) is 5.56 Å². The second kappa shape index (κ2) is 4.98. The van der Waals surface area contributed by atoms with E-state index in [2.05, 4.69) is 19.9 Å². The SMILES string of the molecule is Cc1nc2nc3nc4ccccc4n3c(-c3ccccc3)c2c(=O)[nH]1. The predicted molar refractivity (Wildman–Crippen MR) is 96.6 cm³/mol. The summed E-state index contributed by atoms with van der Waals surface area (Å²) in [6.07, 6.45) is 0. The smallest absolute Gasteiger partial charge is 0.262 e. The van der Waals surface area contributed by atoms with Crippen molar-refractivity contribution in [2.45, 2.75) is 6.92 Å². The number of nitrogens with one attached hydrogen (secondary N) is 1. The monoisotopic (exact) mass is 327 g/mol. The van der Waals surface area contributed by atoms with E-state index in [1.807, 2.05) is 59.0 Å². The topological polar surface area (TPSA) is 75.9 Å². The number of H-pyrrole nitrogens is 1. The molecule has 25 heavy (non-hydrogen) atoms. The third kappa shape index (κ3) is 1.97. The number of aromatic amines is 1. The Labute approximate surface area is 141 Å². The highest BCUT2D eigenvalue weighted by Crippen LogP contribution is 2.29. The molecule has 0 aliphatic rings. The maximum absolute atomic E-state index is 12.7. The molecule has 0 radical (unpaired) electrons. The molecule has 120 valence electrons. The van der Waals surface area contributed by atoms with Crippen LogP contribution in [-0.4, -0.2) is 24.3 Å². The highest BCUT2D eigenvalue weighted by Gasteiger charge is 2.18. The molecule has 3 aromatic heterocycles. The maximum atomic E-state index is 12.7. The number of fused-ring (bicyclic) bond motifs is 4. The first-order valence-corrected chi connectivity index (χ1v) is 7.95. The summed E-state index contributed by atoms with van der Waals surface area (Å²) < 4.78 is 1.93. The Morgan fingerprint density at radius 3 is 2.52 bits per heavy atom. The van der Waals surface area contributed by atoms with Gasteiger partial charge >= 0.3 is 0 Å². The molecule has 0 atom stereocenters. The van der Waals surface area contributed by atoms with Gasteiger partial charge in [-0.2, -0.15) is 4.98 Å². The molecule has 3 heterocycles. The van der Waals surface area contributed by atoms with E-state index in [1.54, 1.807) is 6.92 Å². The fourth-order valence-corrected chi connectivity index (χ4v) is 3.25. The molecule has 6 nitrogen and oxygen atoms in total. The fourth-order valence-electron chi connectivity index (χ4n) is 3.25. The van der Waals surface area contributed by atoms with E-state index in [9.17, 15) is 4.79 Å². The first kappa shape index (κ1) is 13.9. The fraction of sp³-hybridized carbons (Fsp3) is 0.0526. The average Bonchev–Trinajstić information content (AvgIpc) is 2.98. The van der Waals surface area contributed by atoms with E-state index >= 15 is 0 Å². The number of hydrogen-bond acceptors (Lipinski definition) is 4. The Morgan fingerprint density at radius 2 is 1.68 bits per heavy atom. The number of rotatable bonds is 1. The van der Waals surface area contributed by atoms with E-state index in [1.165, 1.54) is 0 Å². The molecule has 0 saturated heterocycles. The molecule has 0 aliphatic carbocycles. The van der Waals surface area contributed by atoms with Gasteiger partial charge < -0.3 is 4.98 Å². The van der Waals surface area contributed by atoms with Gasteiger partial charge in [-0.25, -0.2) is 9.97 Å². The number of aromatic nitrogens is 5. The molecular weight excluding hydrogens is 314 g/mol. The third-order valence-electron chi connectivity index (χ3n) is 4.28. The molecule has 2 aromatic carbocycles. The minimum absolute atomic E-state index is 0.200. The maximum Gasteiger partial charge on any atom is 0.262 e. The summed E-state index contributed by atoms with van der Waals surface area (Å²) in [5.74, 6) is 1.06. The van der Waals surface area contributed by atoms with Gasteiger partial charge in [-0.1, -0.05) is 42.5 Å². The van der Waals surface area contributed by atoms with Crippen LogP contribution in [0.5, 0.6) is 0 Å². The summed E-state index contributed by atoms with van der Waals surface area (Å²) in [5, 5.41) is 0.465. The zero-order chi connectivity index (χ0) is 17.0. The number of benzene rings is 2. The van der Waals surface area contributed by atoms with Crippen LogP contribution in [0.2, 0.25) is 0 Å². The summed E-state index contributed by atoms with van der Waals surface area (Å²) in [4.78, 5) is 29.1. The molecule has 0 saturated carbocycles. The Hall–Kier alpha value is -3.54. The number of aryl methyl sites for hydroxylation is 1. The van der Waals surface area contributed by atoms with Crippen molar-refractivity contribution in [1.82, 2.24) is 24.3 Å². The summed E-state index contributed by atoms with van der Waals surface area (Å²) in [5.41, 5.74) is 3.61. The van der Waals surface area contributed by atoms with Crippen molar-refractivity contribution >= 4 is 27.8 Å². The molecule has 6 heteroatoms. The second-order valence-electron chi connectivity index (χ2n) is 5.91. The van der Waals surface area contributed by atoms with Crippen LogP contribution in [0.3, 0.4) is 0 Å². The van der Waals surface area contributed by atoms with E-state index in [-0.39, 0.29) is 5.56 Å². The molecule has 0 fully saturated rings. The van der Waals surface area contributed by atoms with Gasteiger partial charge in [0, 0.05) is 0 Å². The molecule has 1 N–H and O–H groups in total. The number of imidazole rings is 1. The molecule has 5 aromatic rings. The van der Waals surface area contributed by atoms with Crippen LogP contribution in [0.25, 0.3) is 39.1 Å². The van der Waals surface area contributed by atoms with E-state index in [0.29, 0.717) is 22.6 Å². The third-order valence-corrected chi connectivity index (χ3v) is 4.28. The second-order valence-corrected chi connectivity index (χ2v) is 5.91. The molecule has 0 aliphatic heterocycles. The van der Waals surface area contributed by atoms with Gasteiger partial charge in [-0.3, -0.25) is 9.20 Å². The number of nitrogens with zero attached hydrogens (tertiary/aromatic N) is 4. The van der Waals surface area contributed by atoms with Crippen LogP contribution in [0.15, 0.2) is 59.4 Å². The summed E-state index contributed by atoms with van der Waals surface area (Å²) in [6.45, 7) is 1.75. The molecular formula is C19H13N5O. The van der Waals surface area contributed by atoms with Crippen molar-refractivity contribution in [2.24, 2.45) is 0 Å². The van der Waals surface area contributed by atoms with Gasteiger partial charge in [-0.15, -0.1) is 0 Å². The summed E-state index contributed by atoms with van der Waals surface area (Å²) >= 11 is 0. The normalized spacial score (nSPS) is 11.6. The van der Waals surface area contributed by atoms with Gasteiger partial charge in [0.2, 0.25) is 5.78 Å². The van der Waals surface area contributed by atoms with Crippen LogP contribution < -0.4 is 5.56 Å². The first-order valence-electron chi connectivity index (χ1n) is 7.95. The lowest BCUT2D eigenvalue weighted by molar-refractivity contribution is 1.03. The van der Waals surface area contributed by atoms with Crippen LogP contribution in [0, 0.1) is 6.92 Å². The minimum Gasteiger partial charge on any atom is -0.310 e. The first-order chi connectivity index (χ1) is 12.2.